The van der Waals surface area contributed by atoms with E-state index in [-0.39, 0.29) is 5.41 Å². The lowest BCUT2D eigenvalue weighted by Crippen LogP contribution is -2.29. The van der Waals surface area contributed by atoms with Gasteiger partial charge in [-0.05, 0) is 150 Å². The van der Waals surface area contributed by atoms with Crippen molar-refractivity contribution < 1.29 is 0 Å². The first-order chi connectivity index (χ1) is 38.5. The predicted molar refractivity (Wildman–Crippen MR) is 327 cm³/mol. The Labute approximate surface area is 456 Å². The Morgan fingerprint density at radius 3 is 1.62 bits per heavy atom. The van der Waals surface area contributed by atoms with Crippen LogP contribution in [0, 0.1) is 0 Å². The first-order valence-electron chi connectivity index (χ1n) is 27.2. The molecule has 368 valence electrons. The van der Waals surface area contributed by atoms with Crippen molar-refractivity contribution in [2.45, 2.75) is 24.7 Å². The number of nitrogens with zero attached hydrogens (tertiary/aromatic N) is 2. The summed E-state index contributed by atoms with van der Waals surface area (Å²) in [6.45, 7) is 4.70. The molecule has 0 saturated carbocycles. The van der Waals surface area contributed by atoms with E-state index in [0.717, 1.165) is 28.3 Å². The number of anilines is 3. The molecule has 2 aliphatic rings. The molecule has 0 spiro atoms. The third kappa shape index (κ3) is 6.89. The van der Waals surface area contributed by atoms with Crippen molar-refractivity contribution in [3.63, 3.8) is 0 Å². The van der Waals surface area contributed by atoms with Crippen LogP contribution in [-0.2, 0) is 10.8 Å². The molecular formula is C76H54N2. The lowest BCUT2D eigenvalue weighted by atomic mass is 9.66. The minimum atomic E-state index is -0.516. The van der Waals surface area contributed by atoms with Gasteiger partial charge in [-0.15, -0.1) is 0 Å². The molecule has 12 aromatic carbocycles. The Balaban J connectivity index is 0.839. The fourth-order valence-electron chi connectivity index (χ4n) is 13.6. The first-order valence-corrected chi connectivity index (χ1v) is 27.2. The van der Waals surface area contributed by atoms with Gasteiger partial charge >= 0.3 is 0 Å². The van der Waals surface area contributed by atoms with Gasteiger partial charge in [-0.25, -0.2) is 0 Å². The Morgan fingerprint density at radius 1 is 0.308 bits per heavy atom. The lowest BCUT2D eigenvalue weighted by molar-refractivity contribution is 0.660. The van der Waals surface area contributed by atoms with Crippen LogP contribution in [0.4, 0.5) is 17.1 Å². The van der Waals surface area contributed by atoms with E-state index in [4.69, 9.17) is 0 Å². The number of para-hydroxylation sites is 3. The highest BCUT2D eigenvalue weighted by Crippen LogP contribution is 2.59. The fourth-order valence-corrected chi connectivity index (χ4v) is 13.6. The van der Waals surface area contributed by atoms with Crippen molar-refractivity contribution in [3.8, 4) is 61.3 Å². The minimum absolute atomic E-state index is 0.0688. The summed E-state index contributed by atoms with van der Waals surface area (Å²) in [5.41, 5.74) is 26.5. The van der Waals surface area contributed by atoms with Crippen LogP contribution in [0.5, 0.6) is 0 Å². The Bertz CT molecular complexity index is 4430. The van der Waals surface area contributed by atoms with Crippen molar-refractivity contribution in [3.05, 3.63) is 325 Å². The molecule has 0 atom stereocenters. The molecule has 0 fully saturated rings. The SMILES string of the molecule is CC1(C)c2ccccc2-c2cc(N(c3ccccc3)c3ccccc3-c3cccc(-c4ccc5c(c4)c4ccccc4n5-c4cccc(-c5cccc6c5C(c5ccccc5)(c5ccccc5)c5ccccc5-6)c4)c3)ccc21. The van der Waals surface area contributed by atoms with Gasteiger partial charge < -0.3 is 9.47 Å². The van der Waals surface area contributed by atoms with Crippen molar-refractivity contribution in [1.82, 2.24) is 4.57 Å². The van der Waals surface area contributed by atoms with Gasteiger partial charge in [0.2, 0.25) is 0 Å². The maximum Gasteiger partial charge on any atom is 0.0719 e. The molecule has 2 aliphatic carbocycles. The molecule has 78 heavy (non-hydrogen) atoms. The monoisotopic (exact) mass is 994 g/mol. The van der Waals surface area contributed by atoms with Gasteiger partial charge in [0.05, 0.1) is 22.1 Å². The quantitative estimate of drug-likeness (QED) is 0.140. The highest BCUT2D eigenvalue weighted by Gasteiger charge is 2.47. The molecule has 0 saturated heterocycles. The number of hydrogen-bond donors (Lipinski definition) is 0. The largest absolute Gasteiger partial charge is 0.310 e. The molecule has 1 heterocycles. The second kappa shape index (κ2) is 17.9. The van der Waals surface area contributed by atoms with Crippen molar-refractivity contribution in [2.24, 2.45) is 0 Å². The molecule has 2 nitrogen and oxygen atoms in total. The van der Waals surface area contributed by atoms with Crippen LogP contribution >= 0.6 is 0 Å². The van der Waals surface area contributed by atoms with Crippen LogP contribution in [0.15, 0.2) is 291 Å². The Kier molecular flexibility index (Phi) is 10.5. The summed E-state index contributed by atoms with van der Waals surface area (Å²) >= 11 is 0. The van der Waals surface area contributed by atoms with E-state index in [1.807, 2.05) is 0 Å². The summed E-state index contributed by atoms with van der Waals surface area (Å²) < 4.78 is 2.46. The van der Waals surface area contributed by atoms with Gasteiger partial charge in [0.25, 0.3) is 0 Å². The highest BCUT2D eigenvalue weighted by molar-refractivity contribution is 6.11. The zero-order valence-corrected chi connectivity index (χ0v) is 43.6. The smallest absolute Gasteiger partial charge is 0.0719 e. The van der Waals surface area contributed by atoms with Crippen LogP contribution < -0.4 is 4.90 Å². The van der Waals surface area contributed by atoms with Gasteiger partial charge in [0.15, 0.2) is 0 Å². The van der Waals surface area contributed by atoms with E-state index < -0.39 is 5.41 Å². The maximum atomic E-state index is 2.46. The van der Waals surface area contributed by atoms with E-state index in [1.54, 1.807) is 0 Å². The zero-order chi connectivity index (χ0) is 52.0. The van der Waals surface area contributed by atoms with Crippen LogP contribution in [-0.4, -0.2) is 4.57 Å². The zero-order valence-electron chi connectivity index (χ0n) is 43.6. The lowest BCUT2D eigenvalue weighted by Gasteiger charge is -2.35. The average molecular weight is 995 g/mol. The Hall–Kier alpha value is -9.76. The standard InChI is InChI=1S/C76H54N2/c1-75(2)68-39-16-12-35-63(68)66-50-59(44-45-69(66)75)77(57-30-10-5-11-31-57)71-41-18-14-33-60(71)53-24-20-23-51(47-53)52-43-46-73-67(49-52)64-36-15-19-42-72(64)78(73)58-32-21-25-54(48-58)61-37-22-38-65-62-34-13-17-40-70(62)76(74(61)65,55-26-6-3-7-27-55)56-28-8-4-9-29-56/h3-50H,1-2H3. The fraction of sp³-hybridized carbons (Fsp3) is 0.0526. The van der Waals surface area contributed by atoms with E-state index in [0.29, 0.717) is 0 Å². The van der Waals surface area contributed by atoms with Crippen LogP contribution in [0.1, 0.15) is 47.2 Å². The second-order valence-corrected chi connectivity index (χ2v) is 21.6. The van der Waals surface area contributed by atoms with Gasteiger partial charge in [-0.3, -0.25) is 0 Å². The van der Waals surface area contributed by atoms with E-state index in [1.165, 1.54) is 105 Å². The number of rotatable bonds is 9. The summed E-state index contributed by atoms with van der Waals surface area (Å²) in [4.78, 5) is 2.43. The predicted octanol–water partition coefficient (Wildman–Crippen LogP) is 19.9. The molecule has 0 bridgehead atoms. The van der Waals surface area contributed by atoms with Crippen LogP contribution in [0.2, 0.25) is 0 Å². The molecule has 0 radical (unpaired) electrons. The number of fused-ring (bicyclic) bond motifs is 9. The first kappa shape index (κ1) is 45.6. The molecule has 15 rings (SSSR count). The number of benzene rings is 12. The summed E-state index contributed by atoms with van der Waals surface area (Å²) in [7, 11) is 0. The van der Waals surface area contributed by atoms with Crippen molar-refractivity contribution in [1.29, 1.82) is 0 Å². The van der Waals surface area contributed by atoms with Gasteiger partial charge in [-0.1, -0.05) is 238 Å². The van der Waals surface area contributed by atoms with Crippen molar-refractivity contribution in [2.75, 3.05) is 4.90 Å². The minimum Gasteiger partial charge on any atom is -0.310 e. The molecule has 1 aromatic heterocycles. The third-order valence-corrected chi connectivity index (χ3v) is 17.1. The molecule has 0 unspecified atom stereocenters. The average Bonchev–Trinajstić information content (AvgIpc) is 3.83. The molecule has 0 aliphatic heterocycles. The van der Waals surface area contributed by atoms with E-state index in [9.17, 15) is 0 Å². The highest BCUT2D eigenvalue weighted by atomic mass is 15.1. The Morgan fingerprint density at radius 2 is 0.846 bits per heavy atom. The van der Waals surface area contributed by atoms with Crippen molar-refractivity contribution >= 4 is 38.9 Å². The topological polar surface area (TPSA) is 8.17 Å². The van der Waals surface area contributed by atoms with Gasteiger partial charge in [0, 0.05) is 38.8 Å². The maximum absolute atomic E-state index is 2.46. The third-order valence-electron chi connectivity index (χ3n) is 17.1. The molecule has 13 aromatic rings. The summed E-state index contributed by atoms with van der Waals surface area (Å²) in [6.07, 6.45) is 0. The normalized spacial score (nSPS) is 13.5. The number of aromatic nitrogens is 1. The van der Waals surface area contributed by atoms with Gasteiger partial charge in [-0.2, -0.15) is 0 Å². The molecule has 2 heteroatoms. The summed E-state index contributed by atoms with van der Waals surface area (Å²) in [6, 6.07) is 108. The van der Waals surface area contributed by atoms with E-state index in [2.05, 4.69) is 315 Å². The second-order valence-electron chi connectivity index (χ2n) is 21.6. The molecule has 0 N–H and O–H groups in total. The molecular weight excluding hydrogens is 941 g/mol. The number of hydrogen-bond acceptors (Lipinski definition) is 1. The van der Waals surface area contributed by atoms with Crippen LogP contribution in [0.25, 0.3) is 83.1 Å². The van der Waals surface area contributed by atoms with Gasteiger partial charge in [0.1, 0.15) is 0 Å². The summed E-state index contributed by atoms with van der Waals surface area (Å²) in [5, 5.41) is 2.45. The van der Waals surface area contributed by atoms with Crippen LogP contribution in [0.3, 0.4) is 0 Å². The van der Waals surface area contributed by atoms with E-state index >= 15 is 0 Å². The molecule has 0 amide bonds. The summed E-state index contributed by atoms with van der Waals surface area (Å²) in [5.74, 6) is 0.